The van der Waals surface area contributed by atoms with Gasteiger partial charge in [0, 0.05) is 39.1 Å². The first-order chi connectivity index (χ1) is 13.2. The molecule has 0 radical (unpaired) electrons. The summed E-state index contributed by atoms with van der Waals surface area (Å²) < 4.78 is 9.32. The quantitative estimate of drug-likeness (QED) is 0.690. The predicted molar refractivity (Wildman–Crippen MR) is 101 cm³/mol. The van der Waals surface area contributed by atoms with E-state index in [2.05, 4.69) is 19.5 Å². The molecule has 0 aliphatic carbocycles. The van der Waals surface area contributed by atoms with Crippen molar-refractivity contribution in [1.82, 2.24) is 24.2 Å². The molecule has 0 saturated carbocycles. The van der Waals surface area contributed by atoms with Crippen molar-refractivity contribution < 1.29 is 9.84 Å². The third-order valence-corrected chi connectivity index (χ3v) is 4.99. The van der Waals surface area contributed by atoms with E-state index >= 15 is 0 Å². The Morgan fingerprint density at radius 2 is 2.07 bits per heavy atom. The van der Waals surface area contributed by atoms with E-state index in [0.717, 1.165) is 49.8 Å². The van der Waals surface area contributed by atoms with Crippen LogP contribution in [0.2, 0.25) is 0 Å². The average Bonchev–Trinajstić information content (AvgIpc) is 3.32. The number of benzene rings is 1. The molecule has 1 unspecified atom stereocenters. The van der Waals surface area contributed by atoms with Crippen LogP contribution in [-0.4, -0.2) is 49.6 Å². The summed E-state index contributed by atoms with van der Waals surface area (Å²) in [4.78, 5) is 6.86. The summed E-state index contributed by atoms with van der Waals surface area (Å²) in [6, 6.07) is 11.7. The van der Waals surface area contributed by atoms with Crippen LogP contribution >= 0.6 is 0 Å². The zero-order chi connectivity index (χ0) is 18.6. The maximum Gasteiger partial charge on any atom is 0.123 e. The molecule has 0 spiro atoms. The van der Waals surface area contributed by atoms with Gasteiger partial charge in [0.2, 0.25) is 0 Å². The van der Waals surface area contributed by atoms with Crippen LogP contribution in [0.5, 0.6) is 0 Å². The molecule has 27 heavy (non-hydrogen) atoms. The topological polar surface area (TPSA) is 68.3 Å². The molecule has 4 rings (SSSR count). The maximum absolute atomic E-state index is 10.6. The molecule has 1 aliphatic heterocycles. The highest BCUT2D eigenvalue weighted by Gasteiger charge is 2.22. The second-order valence-corrected chi connectivity index (χ2v) is 6.84. The van der Waals surface area contributed by atoms with Gasteiger partial charge in [-0.25, -0.2) is 4.98 Å². The van der Waals surface area contributed by atoms with Crippen LogP contribution in [0.3, 0.4) is 0 Å². The lowest BCUT2D eigenvalue weighted by Gasteiger charge is -2.27. The number of aliphatic hydroxyl groups is 1. The van der Waals surface area contributed by atoms with Crippen molar-refractivity contribution >= 4 is 0 Å². The van der Waals surface area contributed by atoms with Crippen LogP contribution in [0, 0.1) is 0 Å². The maximum atomic E-state index is 10.6. The Morgan fingerprint density at radius 1 is 1.22 bits per heavy atom. The fourth-order valence-corrected chi connectivity index (χ4v) is 3.50. The van der Waals surface area contributed by atoms with Crippen LogP contribution in [0.4, 0.5) is 0 Å². The highest BCUT2D eigenvalue weighted by atomic mass is 16.5. The molecule has 7 nitrogen and oxygen atoms in total. The van der Waals surface area contributed by atoms with E-state index in [1.54, 1.807) is 7.11 Å². The molecule has 0 bridgehead atoms. The normalized spacial score (nSPS) is 15.6. The summed E-state index contributed by atoms with van der Waals surface area (Å²) in [5, 5.41) is 15.2. The summed E-state index contributed by atoms with van der Waals surface area (Å²) in [5.41, 5.74) is 2.70. The SMILES string of the molecule is COCCn1ccnc1CN1CCn2nc(C(O)c3ccccc3)cc2C1. The second kappa shape index (κ2) is 8.04. The number of hydrogen-bond donors (Lipinski definition) is 1. The van der Waals surface area contributed by atoms with Crippen molar-refractivity contribution in [2.24, 2.45) is 0 Å². The van der Waals surface area contributed by atoms with Gasteiger partial charge in [0.05, 0.1) is 31.1 Å². The minimum absolute atomic E-state index is 0.677. The predicted octanol–water partition coefficient (Wildman–Crippen LogP) is 1.82. The molecule has 1 aliphatic rings. The van der Waals surface area contributed by atoms with Crippen molar-refractivity contribution in [3.05, 3.63) is 71.6 Å². The molecule has 1 aromatic carbocycles. The second-order valence-electron chi connectivity index (χ2n) is 6.84. The summed E-state index contributed by atoms with van der Waals surface area (Å²) in [7, 11) is 1.71. The summed E-state index contributed by atoms with van der Waals surface area (Å²) in [6.45, 7) is 4.80. The Bertz CT molecular complexity index is 874. The molecule has 142 valence electrons. The zero-order valence-electron chi connectivity index (χ0n) is 15.5. The fraction of sp³-hybridized carbons (Fsp3) is 0.400. The van der Waals surface area contributed by atoms with Crippen molar-refractivity contribution in [3.8, 4) is 0 Å². The molecule has 3 heterocycles. The van der Waals surface area contributed by atoms with Crippen molar-refractivity contribution in [3.63, 3.8) is 0 Å². The largest absolute Gasteiger partial charge is 0.383 e. The number of ether oxygens (including phenoxy) is 1. The molecular formula is C20H25N5O2. The lowest BCUT2D eigenvalue weighted by atomic mass is 10.1. The minimum Gasteiger partial charge on any atom is -0.383 e. The molecule has 0 saturated heterocycles. The van der Waals surface area contributed by atoms with E-state index in [1.807, 2.05) is 53.5 Å². The Labute approximate surface area is 158 Å². The molecule has 0 amide bonds. The Hall–Kier alpha value is -2.48. The van der Waals surface area contributed by atoms with E-state index in [4.69, 9.17) is 4.74 Å². The van der Waals surface area contributed by atoms with Gasteiger partial charge in [-0.15, -0.1) is 0 Å². The van der Waals surface area contributed by atoms with Crippen LogP contribution < -0.4 is 0 Å². The summed E-state index contributed by atoms with van der Waals surface area (Å²) in [6.07, 6.45) is 3.15. The van der Waals surface area contributed by atoms with Crippen molar-refractivity contribution in [2.45, 2.75) is 32.3 Å². The number of imidazole rings is 1. The summed E-state index contributed by atoms with van der Waals surface area (Å²) >= 11 is 0. The number of methoxy groups -OCH3 is 1. The van der Waals surface area contributed by atoms with Crippen LogP contribution in [0.25, 0.3) is 0 Å². The van der Waals surface area contributed by atoms with Gasteiger partial charge in [0.1, 0.15) is 11.9 Å². The van der Waals surface area contributed by atoms with Gasteiger partial charge < -0.3 is 14.4 Å². The molecule has 0 fully saturated rings. The third-order valence-electron chi connectivity index (χ3n) is 4.99. The van der Waals surface area contributed by atoms with E-state index in [0.29, 0.717) is 12.3 Å². The van der Waals surface area contributed by atoms with Crippen LogP contribution in [0.15, 0.2) is 48.8 Å². The number of aromatic nitrogens is 4. The number of fused-ring (bicyclic) bond motifs is 1. The van der Waals surface area contributed by atoms with Gasteiger partial charge in [-0.3, -0.25) is 9.58 Å². The Kier molecular flexibility index (Phi) is 5.33. The molecule has 3 aromatic rings. The smallest absolute Gasteiger partial charge is 0.123 e. The van der Waals surface area contributed by atoms with Crippen LogP contribution in [-0.2, 0) is 30.9 Å². The number of aliphatic hydroxyl groups excluding tert-OH is 1. The minimum atomic E-state index is -0.689. The number of hydrogen-bond acceptors (Lipinski definition) is 5. The van der Waals surface area contributed by atoms with Gasteiger partial charge >= 0.3 is 0 Å². The standard InChI is InChI=1S/C20H25N5O2/c1-27-12-11-24-8-7-21-19(24)15-23-9-10-25-17(14-23)13-18(22-25)20(26)16-5-3-2-4-6-16/h2-8,13,20,26H,9-12,14-15H2,1H3. The summed E-state index contributed by atoms with van der Waals surface area (Å²) in [5.74, 6) is 1.05. The first kappa shape index (κ1) is 17.9. The monoisotopic (exact) mass is 367 g/mol. The molecule has 1 atom stereocenters. The Balaban J connectivity index is 1.45. The highest BCUT2D eigenvalue weighted by Crippen LogP contribution is 2.24. The lowest BCUT2D eigenvalue weighted by Crippen LogP contribution is -2.34. The fourth-order valence-electron chi connectivity index (χ4n) is 3.50. The van der Waals surface area contributed by atoms with Crippen molar-refractivity contribution in [1.29, 1.82) is 0 Å². The van der Waals surface area contributed by atoms with Gasteiger partial charge in [0.25, 0.3) is 0 Å². The van der Waals surface area contributed by atoms with E-state index in [9.17, 15) is 5.11 Å². The van der Waals surface area contributed by atoms with Crippen LogP contribution in [0.1, 0.15) is 28.9 Å². The molecule has 7 heteroatoms. The van der Waals surface area contributed by atoms with Gasteiger partial charge in [-0.05, 0) is 11.6 Å². The van der Waals surface area contributed by atoms with Crippen molar-refractivity contribution in [2.75, 3.05) is 20.3 Å². The number of rotatable bonds is 7. The average molecular weight is 367 g/mol. The Morgan fingerprint density at radius 3 is 2.89 bits per heavy atom. The van der Waals surface area contributed by atoms with E-state index < -0.39 is 6.10 Å². The number of nitrogens with zero attached hydrogens (tertiary/aromatic N) is 5. The van der Waals surface area contributed by atoms with Gasteiger partial charge in [0.15, 0.2) is 0 Å². The third kappa shape index (κ3) is 3.95. The van der Waals surface area contributed by atoms with E-state index in [1.165, 1.54) is 0 Å². The van der Waals surface area contributed by atoms with Gasteiger partial charge in [-0.2, -0.15) is 5.10 Å². The molecule has 1 N–H and O–H groups in total. The van der Waals surface area contributed by atoms with E-state index in [-0.39, 0.29) is 0 Å². The molecule has 2 aromatic heterocycles. The first-order valence-electron chi connectivity index (χ1n) is 9.25. The van der Waals surface area contributed by atoms with Gasteiger partial charge in [-0.1, -0.05) is 30.3 Å². The first-order valence-corrected chi connectivity index (χ1v) is 9.25. The zero-order valence-corrected chi connectivity index (χ0v) is 15.5. The highest BCUT2D eigenvalue weighted by molar-refractivity contribution is 5.26. The lowest BCUT2D eigenvalue weighted by molar-refractivity contribution is 0.177. The molecular weight excluding hydrogens is 342 g/mol.